The normalized spacial score (nSPS) is 12.4. The van der Waals surface area contributed by atoms with Gasteiger partial charge in [0.05, 0.1) is 0 Å². The summed E-state index contributed by atoms with van der Waals surface area (Å²) in [5.41, 5.74) is 0. The number of aromatic nitrogens is 2. The number of rotatable bonds is 11. The van der Waals surface area contributed by atoms with Gasteiger partial charge in [-0.05, 0) is 53.9 Å². The minimum Gasteiger partial charge on any atom is -0.356 e. The highest BCUT2D eigenvalue weighted by molar-refractivity contribution is 5.79. The summed E-state index contributed by atoms with van der Waals surface area (Å²) in [6.45, 7) is 15.1. The Balaban J connectivity index is 2.13. The highest BCUT2D eigenvalue weighted by Crippen LogP contribution is 2.05. The molecule has 0 unspecified atom stereocenters. The van der Waals surface area contributed by atoms with Crippen LogP contribution in [-0.4, -0.2) is 59.2 Å². The zero-order valence-corrected chi connectivity index (χ0v) is 17.0. The second-order valence-corrected chi connectivity index (χ2v) is 7.08. The van der Waals surface area contributed by atoms with Crippen LogP contribution in [0.4, 0.5) is 0 Å². The Kier molecular flexibility index (Phi) is 10.2. The topological polar surface area (TPSA) is 57.5 Å². The zero-order chi connectivity index (χ0) is 18.7. The quantitative estimate of drug-likeness (QED) is 0.366. The highest BCUT2D eigenvalue weighted by atomic mass is 15.2. The molecule has 0 amide bonds. The second-order valence-electron chi connectivity index (χ2n) is 7.08. The first-order valence-electron chi connectivity index (χ1n) is 9.63. The molecule has 1 aromatic heterocycles. The summed E-state index contributed by atoms with van der Waals surface area (Å²) in [6, 6.07) is 1.19. The van der Waals surface area contributed by atoms with E-state index in [9.17, 15) is 0 Å². The van der Waals surface area contributed by atoms with Gasteiger partial charge in [-0.2, -0.15) is 0 Å². The Bertz CT molecular complexity index is 484. The van der Waals surface area contributed by atoms with Crippen molar-refractivity contribution in [3.8, 4) is 0 Å². The molecular weight excluding hydrogens is 312 g/mol. The lowest BCUT2D eigenvalue weighted by molar-refractivity contribution is 0.173. The second kappa shape index (κ2) is 11.9. The van der Waals surface area contributed by atoms with Gasteiger partial charge in [0.2, 0.25) is 0 Å². The van der Waals surface area contributed by atoms with E-state index in [0.717, 1.165) is 57.2 Å². The van der Waals surface area contributed by atoms with E-state index in [-0.39, 0.29) is 0 Å². The lowest BCUT2D eigenvalue weighted by atomic mass is 10.2. The predicted octanol–water partition coefficient (Wildman–Crippen LogP) is 2.65. The van der Waals surface area contributed by atoms with Crippen LogP contribution < -0.4 is 10.6 Å². The van der Waals surface area contributed by atoms with Gasteiger partial charge in [-0.3, -0.25) is 9.89 Å². The van der Waals surface area contributed by atoms with Gasteiger partial charge in [0.25, 0.3) is 0 Å². The summed E-state index contributed by atoms with van der Waals surface area (Å²) in [5, 5.41) is 6.81. The van der Waals surface area contributed by atoms with Crippen molar-refractivity contribution in [2.24, 2.45) is 4.99 Å². The molecular formula is C19H38N6. The van der Waals surface area contributed by atoms with E-state index in [0.29, 0.717) is 12.1 Å². The fourth-order valence-electron chi connectivity index (χ4n) is 3.06. The Morgan fingerprint density at radius 1 is 1.12 bits per heavy atom. The fourth-order valence-corrected chi connectivity index (χ4v) is 3.06. The largest absolute Gasteiger partial charge is 0.356 e. The lowest BCUT2D eigenvalue weighted by Gasteiger charge is -2.30. The lowest BCUT2D eigenvalue weighted by Crippen LogP contribution is -2.41. The van der Waals surface area contributed by atoms with Crippen LogP contribution in [0.25, 0.3) is 0 Å². The molecule has 2 N–H and O–H groups in total. The van der Waals surface area contributed by atoms with Crippen LogP contribution in [0.5, 0.6) is 0 Å². The average Bonchev–Trinajstić information content (AvgIpc) is 2.96. The van der Waals surface area contributed by atoms with Crippen LogP contribution >= 0.6 is 0 Å². The van der Waals surface area contributed by atoms with Gasteiger partial charge in [0.1, 0.15) is 5.82 Å². The van der Waals surface area contributed by atoms with E-state index in [1.165, 1.54) is 0 Å². The average molecular weight is 351 g/mol. The van der Waals surface area contributed by atoms with Crippen molar-refractivity contribution < 1.29 is 0 Å². The molecule has 0 spiro atoms. The minimum atomic E-state index is 0.594. The van der Waals surface area contributed by atoms with Gasteiger partial charge in [-0.1, -0.05) is 0 Å². The van der Waals surface area contributed by atoms with Gasteiger partial charge in [-0.25, -0.2) is 4.98 Å². The van der Waals surface area contributed by atoms with Crippen LogP contribution in [0.3, 0.4) is 0 Å². The Hall–Kier alpha value is -1.56. The molecule has 1 heterocycles. The highest BCUT2D eigenvalue weighted by Gasteiger charge is 2.12. The molecule has 6 nitrogen and oxygen atoms in total. The summed E-state index contributed by atoms with van der Waals surface area (Å²) < 4.78 is 2.20. The monoisotopic (exact) mass is 350 g/mol. The van der Waals surface area contributed by atoms with E-state index in [2.05, 4.69) is 57.8 Å². The minimum absolute atomic E-state index is 0.594. The van der Waals surface area contributed by atoms with Crippen LogP contribution in [0.2, 0.25) is 0 Å². The standard InChI is InChI=1S/C19H38N6/c1-16(2)25(17(3)4)14-9-11-23-19(20-6)22-10-7-8-13-24-15-12-21-18(24)5/h12,15-17H,7-11,13-14H2,1-6H3,(H2,20,22,23). The van der Waals surface area contributed by atoms with Gasteiger partial charge < -0.3 is 15.2 Å². The molecule has 1 rings (SSSR count). The molecule has 0 radical (unpaired) electrons. The van der Waals surface area contributed by atoms with Crippen LogP contribution in [0.15, 0.2) is 17.4 Å². The van der Waals surface area contributed by atoms with Crippen molar-refractivity contribution in [1.29, 1.82) is 0 Å². The number of hydrogen-bond donors (Lipinski definition) is 2. The maximum Gasteiger partial charge on any atom is 0.190 e. The van der Waals surface area contributed by atoms with E-state index >= 15 is 0 Å². The van der Waals surface area contributed by atoms with Gasteiger partial charge >= 0.3 is 0 Å². The van der Waals surface area contributed by atoms with Crippen molar-refractivity contribution in [3.63, 3.8) is 0 Å². The molecule has 0 saturated heterocycles. The molecule has 0 aliphatic heterocycles. The Morgan fingerprint density at radius 2 is 1.76 bits per heavy atom. The van der Waals surface area contributed by atoms with Crippen molar-refractivity contribution in [1.82, 2.24) is 25.1 Å². The van der Waals surface area contributed by atoms with Gasteiger partial charge in [-0.15, -0.1) is 0 Å². The summed E-state index contributed by atoms with van der Waals surface area (Å²) in [4.78, 5) is 11.1. The van der Waals surface area contributed by atoms with E-state index in [1.54, 1.807) is 0 Å². The molecule has 0 aliphatic rings. The van der Waals surface area contributed by atoms with Crippen LogP contribution in [-0.2, 0) is 6.54 Å². The molecule has 0 atom stereocenters. The third kappa shape index (κ3) is 8.38. The third-order valence-electron chi connectivity index (χ3n) is 4.48. The van der Waals surface area contributed by atoms with Crippen LogP contribution in [0.1, 0.15) is 52.8 Å². The van der Waals surface area contributed by atoms with Crippen LogP contribution in [0, 0.1) is 6.92 Å². The number of aliphatic imine (C=N–C) groups is 1. The molecule has 0 bridgehead atoms. The van der Waals surface area contributed by atoms with Crippen molar-refractivity contribution in [2.45, 2.75) is 72.5 Å². The number of imidazole rings is 1. The summed E-state index contributed by atoms with van der Waals surface area (Å²) in [6.07, 6.45) is 7.28. The first kappa shape index (κ1) is 21.5. The van der Waals surface area contributed by atoms with Crippen molar-refractivity contribution in [3.05, 3.63) is 18.2 Å². The summed E-state index contributed by atoms with van der Waals surface area (Å²) in [7, 11) is 1.83. The zero-order valence-electron chi connectivity index (χ0n) is 17.0. The molecule has 1 aromatic rings. The first-order chi connectivity index (χ1) is 12.0. The molecule has 0 aliphatic carbocycles. The maximum absolute atomic E-state index is 4.30. The number of nitrogens with one attached hydrogen (secondary N) is 2. The van der Waals surface area contributed by atoms with E-state index < -0.39 is 0 Å². The number of unbranched alkanes of at least 4 members (excludes halogenated alkanes) is 1. The number of aryl methyl sites for hydroxylation is 2. The molecule has 144 valence electrons. The maximum atomic E-state index is 4.30. The third-order valence-corrected chi connectivity index (χ3v) is 4.48. The number of guanidine groups is 1. The molecule has 0 saturated carbocycles. The smallest absolute Gasteiger partial charge is 0.190 e. The SMILES string of the molecule is CN=C(NCCCCn1ccnc1C)NCCCN(C(C)C)C(C)C. The summed E-state index contributed by atoms with van der Waals surface area (Å²) in [5.74, 6) is 1.99. The Labute approximate surface area is 154 Å². The van der Waals surface area contributed by atoms with Gasteiger partial charge in [0.15, 0.2) is 5.96 Å². The summed E-state index contributed by atoms with van der Waals surface area (Å²) >= 11 is 0. The predicted molar refractivity (Wildman–Crippen MR) is 107 cm³/mol. The number of hydrogen-bond acceptors (Lipinski definition) is 3. The fraction of sp³-hybridized carbons (Fsp3) is 0.789. The molecule has 25 heavy (non-hydrogen) atoms. The van der Waals surface area contributed by atoms with E-state index in [4.69, 9.17) is 0 Å². The number of nitrogens with zero attached hydrogens (tertiary/aromatic N) is 4. The van der Waals surface area contributed by atoms with Crippen molar-refractivity contribution >= 4 is 5.96 Å². The first-order valence-corrected chi connectivity index (χ1v) is 9.63. The molecule has 0 aromatic carbocycles. The van der Waals surface area contributed by atoms with Crippen molar-refractivity contribution in [2.75, 3.05) is 26.7 Å². The Morgan fingerprint density at radius 3 is 2.28 bits per heavy atom. The van der Waals surface area contributed by atoms with E-state index in [1.807, 2.05) is 26.4 Å². The molecule has 0 fully saturated rings. The molecule has 6 heteroatoms. The van der Waals surface area contributed by atoms with Gasteiger partial charge in [0, 0.05) is 57.7 Å².